The van der Waals surface area contributed by atoms with Crippen molar-refractivity contribution in [1.29, 1.82) is 0 Å². The van der Waals surface area contributed by atoms with Crippen molar-refractivity contribution < 1.29 is 19.1 Å². The third kappa shape index (κ3) is 3.86. The molecule has 0 saturated carbocycles. The molecule has 0 aliphatic carbocycles. The lowest BCUT2D eigenvalue weighted by Gasteiger charge is -2.28. The lowest BCUT2D eigenvalue weighted by molar-refractivity contribution is -0.134. The van der Waals surface area contributed by atoms with Crippen LogP contribution in [0.25, 0.3) is 0 Å². The summed E-state index contributed by atoms with van der Waals surface area (Å²) < 4.78 is 4.90. The third-order valence-corrected chi connectivity index (χ3v) is 5.18. The van der Waals surface area contributed by atoms with Crippen LogP contribution in [0, 0.1) is 13.8 Å². The summed E-state index contributed by atoms with van der Waals surface area (Å²) in [6.07, 6.45) is 0. The van der Waals surface area contributed by atoms with Crippen molar-refractivity contribution in [2.75, 3.05) is 26.8 Å². The first kappa shape index (κ1) is 20.5. The van der Waals surface area contributed by atoms with Crippen molar-refractivity contribution >= 4 is 17.8 Å². The summed E-state index contributed by atoms with van der Waals surface area (Å²) in [7, 11) is 1.53. The minimum atomic E-state index is -1.37. The Labute approximate surface area is 170 Å². The fourth-order valence-electron chi connectivity index (χ4n) is 3.43. The fourth-order valence-corrected chi connectivity index (χ4v) is 3.43. The van der Waals surface area contributed by atoms with Gasteiger partial charge in [-0.15, -0.1) is 0 Å². The second-order valence-corrected chi connectivity index (χ2v) is 7.08. The molecule has 7 heteroatoms. The van der Waals surface area contributed by atoms with E-state index < -0.39 is 23.4 Å². The molecule has 0 bridgehead atoms. The number of aryl methyl sites for hydroxylation is 2. The number of ether oxygens (including phenoxy) is 1. The fraction of sp³-hybridized carbons (Fsp3) is 0.318. The number of rotatable bonds is 7. The summed E-state index contributed by atoms with van der Waals surface area (Å²) in [4.78, 5) is 39.5. The van der Waals surface area contributed by atoms with Crippen LogP contribution in [-0.4, -0.2) is 49.6 Å². The van der Waals surface area contributed by atoms with Gasteiger partial charge >= 0.3 is 6.03 Å². The molecule has 3 rings (SSSR count). The number of imide groups is 1. The Morgan fingerprint density at radius 1 is 1.07 bits per heavy atom. The maximum absolute atomic E-state index is 13.5. The van der Waals surface area contributed by atoms with Gasteiger partial charge in [-0.2, -0.15) is 0 Å². The summed E-state index contributed by atoms with van der Waals surface area (Å²) in [5, 5.41) is 5.49. The summed E-state index contributed by atoms with van der Waals surface area (Å²) >= 11 is 0. The van der Waals surface area contributed by atoms with Gasteiger partial charge in [0.15, 0.2) is 5.54 Å². The van der Waals surface area contributed by atoms with Crippen molar-refractivity contribution in [1.82, 2.24) is 15.5 Å². The van der Waals surface area contributed by atoms with E-state index in [0.29, 0.717) is 24.3 Å². The highest BCUT2D eigenvalue weighted by atomic mass is 16.5. The Morgan fingerprint density at radius 2 is 1.79 bits per heavy atom. The summed E-state index contributed by atoms with van der Waals surface area (Å²) in [6.45, 7) is 4.25. The number of hydrogen-bond donors (Lipinski definition) is 2. The lowest BCUT2D eigenvalue weighted by atomic mass is 9.81. The monoisotopic (exact) mass is 395 g/mol. The highest BCUT2D eigenvalue weighted by Crippen LogP contribution is 2.36. The van der Waals surface area contributed by atoms with Gasteiger partial charge in [-0.1, -0.05) is 48.5 Å². The van der Waals surface area contributed by atoms with Crippen LogP contribution in [0.1, 0.15) is 22.3 Å². The first-order valence-corrected chi connectivity index (χ1v) is 9.43. The van der Waals surface area contributed by atoms with Crippen molar-refractivity contribution in [3.63, 3.8) is 0 Å². The molecule has 29 heavy (non-hydrogen) atoms. The zero-order valence-corrected chi connectivity index (χ0v) is 16.8. The van der Waals surface area contributed by atoms with Gasteiger partial charge in [-0.3, -0.25) is 14.5 Å². The molecule has 0 aromatic heterocycles. The molecule has 2 N–H and O–H groups in total. The molecule has 0 unspecified atom stereocenters. The number of carbonyl (C=O) groups is 3. The van der Waals surface area contributed by atoms with Gasteiger partial charge in [0.05, 0.1) is 6.61 Å². The van der Waals surface area contributed by atoms with E-state index in [1.54, 1.807) is 12.1 Å². The van der Waals surface area contributed by atoms with Crippen LogP contribution < -0.4 is 10.6 Å². The predicted molar refractivity (Wildman–Crippen MR) is 108 cm³/mol. The highest BCUT2D eigenvalue weighted by molar-refractivity contribution is 6.11. The number of amides is 4. The van der Waals surface area contributed by atoms with Gasteiger partial charge < -0.3 is 15.4 Å². The Bertz CT molecular complexity index is 929. The molecule has 7 nitrogen and oxygen atoms in total. The largest absolute Gasteiger partial charge is 0.383 e. The second kappa shape index (κ2) is 8.45. The van der Waals surface area contributed by atoms with E-state index in [2.05, 4.69) is 10.6 Å². The lowest BCUT2D eigenvalue weighted by Crippen LogP contribution is -2.46. The molecular formula is C22H25N3O4. The maximum Gasteiger partial charge on any atom is 0.326 e. The number of nitrogens with zero attached hydrogens (tertiary/aromatic N) is 1. The summed E-state index contributed by atoms with van der Waals surface area (Å²) in [5.41, 5.74) is 2.03. The van der Waals surface area contributed by atoms with Crippen LogP contribution >= 0.6 is 0 Å². The molecule has 152 valence electrons. The molecule has 1 aliphatic rings. The Balaban J connectivity index is 1.99. The quantitative estimate of drug-likeness (QED) is 0.553. The SMILES string of the molecule is COCCNC(=O)CN1C(=O)N[C@@](c2ccccc2)(c2ccc(C)c(C)c2)C1=O. The zero-order valence-electron chi connectivity index (χ0n) is 16.8. The predicted octanol–water partition coefficient (Wildman–Crippen LogP) is 1.86. The average molecular weight is 395 g/mol. The third-order valence-electron chi connectivity index (χ3n) is 5.18. The molecule has 4 amide bonds. The van der Waals surface area contributed by atoms with E-state index in [9.17, 15) is 14.4 Å². The van der Waals surface area contributed by atoms with E-state index in [-0.39, 0.29) is 6.54 Å². The molecule has 2 aromatic rings. The Kier molecular flexibility index (Phi) is 5.98. The number of carbonyl (C=O) groups excluding carboxylic acids is 3. The van der Waals surface area contributed by atoms with Gasteiger partial charge in [0, 0.05) is 13.7 Å². The van der Waals surface area contributed by atoms with Crippen LogP contribution in [0.3, 0.4) is 0 Å². The first-order valence-electron chi connectivity index (χ1n) is 9.43. The normalized spacial score (nSPS) is 18.7. The van der Waals surface area contributed by atoms with Crippen LogP contribution in [0.2, 0.25) is 0 Å². The van der Waals surface area contributed by atoms with Crippen molar-refractivity contribution in [2.45, 2.75) is 19.4 Å². The minimum absolute atomic E-state index is 0.306. The zero-order chi connectivity index (χ0) is 21.0. The van der Waals surface area contributed by atoms with E-state index in [0.717, 1.165) is 16.0 Å². The highest BCUT2D eigenvalue weighted by Gasteiger charge is 2.54. The molecule has 1 saturated heterocycles. The number of hydrogen-bond acceptors (Lipinski definition) is 4. The van der Waals surface area contributed by atoms with Gasteiger partial charge in [0.1, 0.15) is 6.54 Å². The molecular weight excluding hydrogens is 370 g/mol. The van der Waals surface area contributed by atoms with Crippen LogP contribution in [0.4, 0.5) is 4.79 Å². The molecule has 1 heterocycles. The minimum Gasteiger partial charge on any atom is -0.383 e. The number of benzene rings is 2. The van der Waals surface area contributed by atoms with E-state index in [4.69, 9.17) is 4.74 Å². The van der Waals surface area contributed by atoms with Crippen molar-refractivity contribution in [3.05, 3.63) is 70.8 Å². The second-order valence-electron chi connectivity index (χ2n) is 7.08. The number of methoxy groups -OCH3 is 1. The smallest absolute Gasteiger partial charge is 0.326 e. The first-order chi connectivity index (χ1) is 13.9. The number of nitrogens with one attached hydrogen (secondary N) is 2. The van der Waals surface area contributed by atoms with Gasteiger partial charge in [-0.25, -0.2) is 4.79 Å². The average Bonchev–Trinajstić information content (AvgIpc) is 2.96. The van der Waals surface area contributed by atoms with Crippen molar-refractivity contribution in [2.24, 2.45) is 0 Å². The molecule has 2 aromatic carbocycles. The maximum atomic E-state index is 13.5. The van der Waals surface area contributed by atoms with Crippen molar-refractivity contribution in [3.8, 4) is 0 Å². The van der Waals surface area contributed by atoms with Crippen LogP contribution in [0.15, 0.2) is 48.5 Å². The molecule has 1 fully saturated rings. The summed E-state index contributed by atoms with van der Waals surface area (Å²) in [6, 6.07) is 14.2. The number of urea groups is 1. The van der Waals surface area contributed by atoms with Crippen LogP contribution in [-0.2, 0) is 19.9 Å². The Morgan fingerprint density at radius 3 is 2.45 bits per heavy atom. The summed E-state index contributed by atoms with van der Waals surface area (Å²) in [5.74, 6) is -0.895. The van der Waals surface area contributed by atoms with Gasteiger partial charge in [0.2, 0.25) is 5.91 Å². The van der Waals surface area contributed by atoms with Gasteiger partial charge in [0.25, 0.3) is 5.91 Å². The molecule has 0 radical (unpaired) electrons. The van der Waals surface area contributed by atoms with Crippen LogP contribution in [0.5, 0.6) is 0 Å². The van der Waals surface area contributed by atoms with Gasteiger partial charge in [-0.05, 0) is 36.1 Å². The standard InChI is InChI=1S/C22H25N3O4/c1-15-9-10-18(13-16(15)2)22(17-7-5-4-6-8-17)20(27)25(21(28)24-22)14-19(26)23-11-12-29-3/h4-10,13H,11-12,14H2,1-3H3,(H,23,26)(H,24,28)/t22-/m0/s1. The topological polar surface area (TPSA) is 87.7 Å². The Hall–Kier alpha value is -3.19. The molecule has 1 atom stereocenters. The van der Waals surface area contributed by atoms with E-state index in [1.165, 1.54) is 7.11 Å². The molecule has 0 spiro atoms. The molecule has 1 aliphatic heterocycles. The van der Waals surface area contributed by atoms with E-state index >= 15 is 0 Å². The van der Waals surface area contributed by atoms with E-state index in [1.807, 2.05) is 50.2 Å².